The maximum Gasteiger partial charge on any atom is 0.251 e. The topological polar surface area (TPSA) is 82.7 Å². The van der Waals surface area contributed by atoms with Crippen molar-refractivity contribution in [3.63, 3.8) is 0 Å². The van der Waals surface area contributed by atoms with Gasteiger partial charge in [-0.25, -0.2) is 0 Å². The molecule has 27 heavy (non-hydrogen) atoms. The zero-order valence-electron chi connectivity index (χ0n) is 16.0. The van der Waals surface area contributed by atoms with E-state index in [0.29, 0.717) is 18.2 Å². The predicted octanol–water partition coefficient (Wildman–Crippen LogP) is 1.08. The molecule has 0 bridgehead atoms. The highest BCUT2D eigenvalue weighted by atomic mass is 16.5. The Morgan fingerprint density at radius 2 is 1.96 bits per heavy atom. The van der Waals surface area contributed by atoms with Crippen LogP contribution >= 0.6 is 0 Å². The summed E-state index contributed by atoms with van der Waals surface area (Å²) in [5.41, 5.74) is 1.33. The summed E-state index contributed by atoms with van der Waals surface area (Å²) in [6, 6.07) is 7.46. The monoisotopic (exact) mass is 374 g/mol. The molecule has 2 aliphatic heterocycles. The minimum absolute atomic E-state index is 0.0458. The molecular weight excluding hydrogens is 344 g/mol. The lowest BCUT2D eigenvalue weighted by Crippen LogP contribution is -2.41. The number of nitrogens with zero attached hydrogens (tertiary/aromatic N) is 1. The molecule has 2 fully saturated rings. The number of amides is 2. The highest BCUT2D eigenvalue weighted by molar-refractivity contribution is 5.96. The number of nitrogens with one attached hydrogen (secondary N) is 3. The van der Waals surface area contributed by atoms with Gasteiger partial charge in [0, 0.05) is 49.4 Å². The van der Waals surface area contributed by atoms with Gasteiger partial charge in [0.2, 0.25) is 5.91 Å². The van der Waals surface area contributed by atoms with Crippen molar-refractivity contribution in [1.29, 1.82) is 0 Å². The summed E-state index contributed by atoms with van der Waals surface area (Å²) in [5, 5.41) is 9.27. The number of ether oxygens (including phenoxy) is 1. The fraction of sp³-hybridized carbons (Fsp3) is 0.600. The van der Waals surface area contributed by atoms with Gasteiger partial charge in [-0.15, -0.1) is 0 Å². The van der Waals surface area contributed by atoms with Crippen molar-refractivity contribution in [1.82, 2.24) is 15.5 Å². The molecule has 2 heterocycles. The van der Waals surface area contributed by atoms with E-state index in [2.05, 4.69) is 27.8 Å². The second-order valence-electron chi connectivity index (χ2n) is 7.35. The Bertz CT molecular complexity index is 629. The number of morpholine rings is 1. The van der Waals surface area contributed by atoms with E-state index in [-0.39, 0.29) is 17.7 Å². The zero-order chi connectivity index (χ0) is 19.1. The Morgan fingerprint density at radius 1 is 1.22 bits per heavy atom. The third-order valence-corrected chi connectivity index (χ3v) is 5.23. The van der Waals surface area contributed by atoms with Crippen molar-refractivity contribution in [2.24, 2.45) is 5.92 Å². The van der Waals surface area contributed by atoms with Gasteiger partial charge in [-0.05, 0) is 50.6 Å². The SMILES string of the molecule is C[C@H]1C[C@@H](C(=O)Nc2ccc(C(=O)NCCN3CCOCC3)cc2)CCN1. The molecule has 0 aromatic heterocycles. The molecule has 7 nitrogen and oxygen atoms in total. The molecule has 0 saturated carbocycles. The third-order valence-electron chi connectivity index (χ3n) is 5.23. The normalized spacial score (nSPS) is 23.6. The van der Waals surface area contributed by atoms with E-state index >= 15 is 0 Å². The van der Waals surface area contributed by atoms with Crippen LogP contribution in [0.15, 0.2) is 24.3 Å². The van der Waals surface area contributed by atoms with Crippen LogP contribution in [0.2, 0.25) is 0 Å². The molecule has 2 aliphatic rings. The number of piperidine rings is 1. The van der Waals surface area contributed by atoms with Crippen molar-refractivity contribution in [2.75, 3.05) is 51.3 Å². The summed E-state index contributed by atoms with van der Waals surface area (Å²) in [6.45, 7) is 7.78. The van der Waals surface area contributed by atoms with Crippen LogP contribution in [0.4, 0.5) is 5.69 Å². The summed E-state index contributed by atoms with van der Waals surface area (Å²) < 4.78 is 5.32. The Hall–Kier alpha value is -1.96. The summed E-state index contributed by atoms with van der Waals surface area (Å²) in [5.74, 6) is 0.0174. The minimum Gasteiger partial charge on any atom is -0.379 e. The molecule has 2 atom stereocenters. The van der Waals surface area contributed by atoms with Gasteiger partial charge in [0.05, 0.1) is 13.2 Å². The standard InChI is InChI=1S/C20H30N4O3/c1-15-14-17(6-7-21-15)20(26)23-18-4-2-16(3-5-18)19(25)22-8-9-24-10-12-27-13-11-24/h2-5,15,17,21H,6-14H2,1H3,(H,22,25)(H,23,26)/t15-,17-/m0/s1. The molecule has 2 amide bonds. The number of carbonyl (C=O) groups is 2. The maximum absolute atomic E-state index is 12.4. The lowest BCUT2D eigenvalue weighted by atomic mass is 9.92. The minimum atomic E-state index is -0.0895. The summed E-state index contributed by atoms with van der Waals surface area (Å²) >= 11 is 0. The Balaban J connectivity index is 1.43. The summed E-state index contributed by atoms with van der Waals surface area (Å²) in [7, 11) is 0. The molecule has 2 saturated heterocycles. The van der Waals surface area contributed by atoms with E-state index < -0.39 is 0 Å². The van der Waals surface area contributed by atoms with Gasteiger partial charge in [0.15, 0.2) is 0 Å². The smallest absolute Gasteiger partial charge is 0.251 e. The largest absolute Gasteiger partial charge is 0.379 e. The fourth-order valence-corrected chi connectivity index (χ4v) is 3.57. The van der Waals surface area contributed by atoms with E-state index in [1.54, 1.807) is 24.3 Å². The van der Waals surface area contributed by atoms with Gasteiger partial charge < -0.3 is 20.7 Å². The quantitative estimate of drug-likeness (QED) is 0.694. The molecule has 0 radical (unpaired) electrons. The predicted molar refractivity (Wildman–Crippen MR) is 105 cm³/mol. The van der Waals surface area contributed by atoms with E-state index in [1.807, 2.05) is 0 Å². The zero-order valence-corrected chi connectivity index (χ0v) is 16.0. The van der Waals surface area contributed by atoms with Crippen molar-refractivity contribution >= 4 is 17.5 Å². The number of hydrogen-bond acceptors (Lipinski definition) is 5. The Morgan fingerprint density at radius 3 is 2.67 bits per heavy atom. The van der Waals surface area contributed by atoms with Crippen LogP contribution in [0, 0.1) is 5.92 Å². The molecule has 0 unspecified atom stereocenters. The number of rotatable bonds is 6. The Kier molecular flexibility index (Phi) is 7.20. The van der Waals surface area contributed by atoms with E-state index in [0.717, 1.165) is 57.9 Å². The molecule has 0 spiro atoms. The van der Waals surface area contributed by atoms with Gasteiger partial charge in [0.1, 0.15) is 0 Å². The van der Waals surface area contributed by atoms with E-state index in [1.165, 1.54) is 0 Å². The van der Waals surface area contributed by atoms with Crippen LogP contribution in [0.25, 0.3) is 0 Å². The molecule has 1 aromatic rings. The van der Waals surface area contributed by atoms with Crippen LogP contribution in [-0.2, 0) is 9.53 Å². The second-order valence-corrected chi connectivity index (χ2v) is 7.35. The van der Waals surface area contributed by atoms with Crippen LogP contribution in [0.3, 0.4) is 0 Å². The first-order valence-electron chi connectivity index (χ1n) is 9.84. The van der Waals surface area contributed by atoms with Gasteiger partial charge >= 0.3 is 0 Å². The Labute approximate surface area is 160 Å². The summed E-state index contributed by atoms with van der Waals surface area (Å²) in [4.78, 5) is 26.9. The summed E-state index contributed by atoms with van der Waals surface area (Å²) in [6.07, 6.45) is 1.72. The first-order valence-corrected chi connectivity index (χ1v) is 9.84. The molecule has 1 aromatic carbocycles. The average Bonchev–Trinajstić information content (AvgIpc) is 2.69. The van der Waals surface area contributed by atoms with E-state index in [9.17, 15) is 9.59 Å². The van der Waals surface area contributed by atoms with Crippen LogP contribution in [-0.4, -0.2) is 68.7 Å². The first-order chi connectivity index (χ1) is 13.1. The molecule has 3 rings (SSSR count). The number of benzene rings is 1. The average molecular weight is 374 g/mol. The fourth-order valence-electron chi connectivity index (χ4n) is 3.57. The number of hydrogen-bond donors (Lipinski definition) is 3. The molecule has 148 valence electrons. The van der Waals surface area contributed by atoms with Crippen LogP contribution in [0.1, 0.15) is 30.1 Å². The highest BCUT2D eigenvalue weighted by Gasteiger charge is 2.24. The van der Waals surface area contributed by atoms with Crippen LogP contribution in [0.5, 0.6) is 0 Å². The number of anilines is 1. The lowest BCUT2D eigenvalue weighted by Gasteiger charge is -2.27. The van der Waals surface area contributed by atoms with E-state index in [4.69, 9.17) is 4.74 Å². The molecule has 3 N–H and O–H groups in total. The lowest BCUT2D eigenvalue weighted by molar-refractivity contribution is -0.120. The molecular formula is C20H30N4O3. The second kappa shape index (κ2) is 9.82. The van der Waals surface area contributed by atoms with Crippen molar-refractivity contribution in [3.05, 3.63) is 29.8 Å². The maximum atomic E-state index is 12.4. The van der Waals surface area contributed by atoms with Gasteiger partial charge in [-0.3, -0.25) is 14.5 Å². The van der Waals surface area contributed by atoms with Gasteiger partial charge in [-0.1, -0.05) is 0 Å². The number of carbonyl (C=O) groups excluding carboxylic acids is 2. The van der Waals surface area contributed by atoms with Gasteiger partial charge in [0.25, 0.3) is 5.91 Å². The highest BCUT2D eigenvalue weighted by Crippen LogP contribution is 2.19. The molecule has 7 heteroatoms. The van der Waals surface area contributed by atoms with Crippen molar-refractivity contribution < 1.29 is 14.3 Å². The van der Waals surface area contributed by atoms with Crippen molar-refractivity contribution in [2.45, 2.75) is 25.8 Å². The van der Waals surface area contributed by atoms with Crippen LogP contribution < -0.4 is 16.0 Å². The first kappa shape index (κ1) is 19.8. The van der Waals surface area contributed by atoms with Crippen molar-refractivity contribution in [3.8, 4) is 0 Å². The van der Waals surface area contributed by atoms with Gasteiger partial charge in [-0.2, -0.15) is 0 Å². The molecule has 0 aliphatic carbocycles. The third kappa shape index (κ3) is 6.02.